The number of ketones is 1. The zero-order valence-corrected chi connectivity index (χ0v) is 11.6. The zero-order valence-electron chi connectivity index (χ0n) is 11.6. The number of benzene rings is 2. The van der Waals surface area contributed by atoms with Gasteiger partial charge in [-0.15, -0.1) is 0 Å². The first-order valence-corrected chi connectivity index (χ1v) is 6.39. The van der Waals surface area contributed by atoms with Gasteiger partial charge in [-0.05, 0) is 30.2 Å². The maximum Gasteiger partial charge on any atom is 0.161 e. The number of Topliss-reactive ketones (excluding diaryl/α,β-unsaturated/α-hetero) is 1. The molecule has 0 aliphatic carbocycles. The lowest BCUT2D eigenvalue weighted by Crippen LogP contribution is -2.19. The molecule has 2 nitrogen and oxygen atoms in total. The van der Waals surface area contributed by atoms with Crippen molar-refractivity contribution >= 4 is 11.5 Å². The Hall–Kier alpha value is -2.09. The number of hydrogen-bond donors (Lipinski definition) is 1. The summed E-state index contributed by atoms with van der Waals surface area (Å²) in [6, 6.07) is 16.0. The third kappa shape index (κ3) is 2.53. The van der Waals surface area contributed by atoms with Gasteiger partial charge in [0.1, 0.15) is 0 Å². The Balaban J connectivity index is 2.53. The number of hydrogen-bond acceptors (Lipinski definition) is 2. The summed E-state index contributed by atoms with van der Waals surface area (Å²) in [7, 11) is 0. The van der Waals surface area contributed by atoms with Crippen LogP contribution in [0.1, 0.15) is 42.3 Å². The van der Waals surface area contributed by atoms with Gasteiger partial charge in [-0.3, -0.25) is 4.79 Å². The number of nitrogen functional groups attached to an aromatic ring is 1. The van der Waals surface area contributed by atoms with Crippen LogP contribution in [0.5, 0.6) is 0 Å². The minimum Gasteiger partial charge on any atom is -0.398 e. The number of rotatable bonds is 3. The highest BCUT2D eigenvalue weighted by atomic mass is 16.1. The molecular formula is C17H19NO. The standard InChI is InChI=1S/C17H19NO/c1-12(19)15-11-14(9-10-16(15)18)17(2,3)13-7-5-4-6-8-13/h4-11H,18H2,1-3H3. The maximum atomic E-state index is 11.6. The zero-order chi connectivity index (χ0) is 14.0. The van der Waals surface area contributed by atoms with Gasteiger partial charge >= 0.3 is 0 Å². The van der Waals surface area contributed by atoms with E-state index in [1.807, 2.05) is 36.4 Å². The quantitative estimate of drug-likeness (QED) is 0.668. The normalized spacial score (nSPS) is 11.3. The van der Waals surface area contributed by atoms with Crippen LogP contribution in [0.25, 0.3) is 0 Å². The average Bonchev–Trinajstić information content (AvgIpc) is 2.39. The lowest BCUT2D eigenvalue weighted by molar-refractivity contribution is 0.101. The third-order valence-corrected chi connectivity index (χ3v) is 3.65. The first-order chi connectivity index (χ1) is 8.93. The highest BCUT2D eigenvalue weighted by Gasteiger charge is 2.23. The van der Waals surface area contributed by atoms with E-state index < -0.39 is 0 Å². The minimum atomic E-state index is -0.154. The molecule has 19 heavy (non-hydrogen) atoms. The van der Waals surface area contributed by atoms with Crippen LogP contribution < -0.4 is 5.73 Å². The van der Waals surface area contributed by atoms with Crippen LogP contribution >= 0.6 is 0 Å². The summed E-state index contributed by atoms with van der Waals surface area (Å²) in [4.78, 5) is 11.6. The molecule has 2 heteroatoms. The van der Waals surface area contributed by atoms with Gasteiger partial charge in [-0.1, -0.05) is 50.2 Å². The topological polar surface area (TPSA) is 43.1 Å². The molecule has 2 rings (SSSR count). The van der Waals surface area contributed by atoms with Crippen LogP contribution in [0.3, 0.4) is 0 Å². The van der Waals surface area contributed by atoms with E-state index in [0.29, 0.717) is 11.3 Å². The molecule has 0 heterocycles. The third-order valence-electron chi connectivity index (χ3n) is 3.65. The molecule has 0 unspecified atom stereocenters. The summed E-state index contributed by atoms with van der Waals surface area (Å²) in [5.41, 5.74) is 9.15. The molecule has 0 spiro atoms. The second-order valence-corrected chi connectivity index (χ2v) is 5.35. The van der Waals surface area contributed by atoms with Crippen molar-refractivity contribution in [2.45, 2.75) is 26.2 Å². The molecule has 0 saturated heterocycles. The smallest absolute Gasteiger partial charge is 0.161 e. The molecule has 2 N–H and O–H groups in total. The van der Waals surface area contributed by atoms with Crippen molar-refractivity contribution in [2.75, 3.05) is 5.73 Å². The van der Waals surface area contributed by atoms with Gasteiger partial charge in [0.05, 0.1) is 0 Å². The van der Waals surface area contributed by atoms with Gasteiger partial charge in [0.2, 0.25) is 0 Å². The number of anilines is 1. The molecule has 0 saturated carbocycles. The first-order valence-electron chi connectivity index (χ1n) is 6.39. The SMILES string of the molecule is CC(=O)c1cc(C(C)(C)c2ccccc2)ccc1N. The Kier molecular flexibility index (Phi) is 3.43. The van der Waals surface area contributed by atoms with E-state index in [1.54, 1.807) is 6.92 Å². The Morgan fingerprint density at radius 2 is 1.63 bits per heavy atom. The van der Waals surface area contributed by atoms with Crippen molar-refractivity contribution in [3.8, 4) is 0 Å². The van der Waals surface area contributed by atoms with E-state index in [1.165, 1.54) is 5.56 Å². The summed E-state index contributed by atoms with van der Waals surface area (Å²) in [6.45, 7) is 5.85. The van der Waals surface area contributed by atoms with Crippen LogP contribution in [0.15, 0.2) is 48.5 Å². The molecule has 2 aromatic carbocycles. The Morgan fingerprint density at radius 3 is 2.21 bits per heavy atom. The van der Waals surface area contributed by atoms with Crippen LogP contribution in [-0.2, 0) is 5.41 Å². The van der Waals surface area contributed by atoms with Gasteiger partial charge < -0.3 is 5.73 Å². The van der Waals surface area contributed by atoms with Crippen molar-refractivity contribution in [1.82, 2.24) is 0 Å². The number of carbonyl (C=O) groups excluding carboxylic acids is 1. The molecule has 0 aliphatic heterocycles. The van der Waals surface area contributed by atoms with Gasteiger partial charge in [-0.25, -0.2) is 0 Å². The summed E-state index contributed by atoms with van der Waals surface area (Å²) < 4.78 is 0. The van der Waals surface area contributed by atoms with Gasteiger partial charge in [0.25, 0.3) is 0 Å². The summed E-state index contributed by atoms with van der Waals surface area (Å²) >= 11 is 0. The molecule has 0 aliphatic rings. The van der Waals surface area contributed by atoms with E-state index in [0.717, 1.165) is 5.56 Å². The first kappa shape index (κ1) is 13.3. The fourth-order valence-corrected chi connectivity index (χ4v) is 2.27. The molecule has 98 valence electrons. The van der Waals surface area contributed by atoms with E-state index in [-0.39, 0.29) is 11.2 Å². The van der Waals surface area contributed by atoms with Gasteiger partial charge in [-0.2, -0.15) is 0 Å². The van der Waals surface area contributed by atoms with Gasteiger partial charge in [0.15, 0.2) is 5.78 Å². The highest BCUT2D eigenvalue weighted by molar-refractivity contribution is 5.99. The van der Waals surface area contributed by atoms with Crippen molar-refractivity contribution in [3.63, 3.8) is 0 Å². The fraction of sp³-hybridized carbons (Fsp3) is 0.235. The van der Waals surface area contributed by atoms with Crippen LogP contribution in [0, 0.1) is 0 Å². The largest absolute Gasteiger partial charge is 0.398 e. The van der Waals surface area contributed by atoms with Crippen molar-refractivity contribution in [1.29, 1.82) is 0 Å². The second kappa shape index (κ2) is 4.88. The molecule has 0 aromatic heterocycles. The summed E-state index contributed by atoms with van der Waals surface area (Å²) in [5, 5.41) is 0. The van der Waals surface area contributed by atoms with E-state index >= 15 is 0 Å². The summed E-state index contributed by atoms with van der Waals surface area (Å²) in [6.07, 6.45) is 0. The van der Waals surface area contributed by atoms with E-state index in [2.05, 4.69) is 26.0 Å². The second-order valence-electron chi connectivity index (χ2n) is 5.35. The molecule has 0 bridgehead atoms. The lowest BCUT2D eigenvalue weighted by atomic mass is 9.77. The monoisotopic (exact) mass is 253 g/mol. The van der Waals surface area contributed by atoms with Crippen LogP contribution in [0.4, 0.5) is 5.69 Å². The van der Waals surface area contributed by atoms with E-state index in [4.69, 9.17) is 5.73 Å². The van der Waals surface area contributed by atoms with Crippen LogP contribution in [0.2, 0.25) is 0 Å². The minimum absolute atomic E-state index is 0.00297. The average molecular weight is 253 g/mol. The fourth-order valence-electron chi connectivity index (χ4n) is 2.27. The highest BCUT2D eigenvalue weighted by Crippen LogP contribution is 2.32. The maximum absolute atomic E-state index is 11.6. The molecule has 0 fully saturated rings. The predicted octanol–water partition coefficient (Wildman–Crippen LogP) is 3.80. The molecule has 0 radical (unpaired) electrons. The predicted molar refractivity (Wildman–Crippen MR) is 79.4 cm³/mol. The van der Waals surface area contributed by atoms with Crippen molar-refractivity contribution in [3.05, 3.63) is 65.2 Å². The van der Waals surface area contributed by atoms with Crippen molar-refractivity contribution in [2.24, 2.45) is 0 Å². The Labute approximate surface area is 114 Å². The Bertz CT molecular complexity index is 600. The van der Waals surface area contributed by atoms with Gasteiger partial charge in [0, 0.05) is 16.7 Å². The van der Waals surface area contributed by atoms with E-state index in [9.17, 15) is 4.79 Å². The number of carbonyl (C=O) groups is 1. The van der Waals surface area contributed by atoms with Crippen molar-refractivity contribution < 1.29 is 4.79 Å². The molecule has 0 atom stereocenters. The summed E-state index contributed by atoms with van der Waals surface area (Å²) in [5.74, 6) is 0.00297. The molecule has 2 aromatic rings. The molecular weight excluding hydrogens is 234 g/mol. The number of nitrogens with two attached hydrogens (primary N) is 1. The Morgan fingerprint density at radius 1 is 1.00 bits per heavy atom. The van der Waals surface area contributed by atoms with Crippen LogP contribution in [-0.4, -0.2) is 5.78 Å². The lowest BCUT2D eigenvalue weighted by Gasteiger charge is -2.26. The molecule has 0 amide bonds.